The molecule has 1 aromatic heterocycles. The topological polar surface area (TPSA) is 85.2 Å². The van der Waals surface area contributed by atoms with Crippen molar-refractivity contribution in [3.8, 4) is 0 Å². The lowest BCUT2D eigenvalue weighted by Gasteiger charge is -2.28. The van der Waals surface area contributed by atoms with E-state index in [0.717, 1.165) is 5.82 Å². The first-order valence-electron chi connectivity index (χ1n) is 5.82. The van der Waals surface area contributed by atoms with Crippen LogP contribution in [0.1, 0.15) is 23.2 Å². The Morgan fingerprint density at radius 2 is 2.35 bits per heavy atom. The molecular weight excluding hydrogens is 216 g/mol. The average molecular weight is 234 g/mol. The number of likely N-dealkylation sites (N-methyl/N-ethyl adjacent to an activating group) is 1. The van der Waals surface area contributed by atoms with Gasteiger partial charge in [0.2, 0.25) is 5.91 Å². The molecule has 0 saturated heterocycles. The summed E-state index contributed by atoms with van der Waals surface area (Å²) >= 11 is 0. The highest BCUT2D eigenvalue weighted by atomic mass is 16.1. The number of amides is 1. The SMILES string of the molecule is CN(c1cc(C(N)=O)ccn1)C(CN)C1CC1. The maximum atomic E-state index is 11.1. The Hall–Kier alpha value is -1.62. The fourth-order valence-electron chi connectivity index (χ4n) is 2.08. The van der Waals surface area contributed by atoms with Crippen molar-refractivity contribution >= 4 is 11.7 Å². The summed E-state index contributed by atoms with van der Waals surface area (Å²) in [7, 11) is 1.96. The van der Waals surface area contributed by atoms with Crippen LogP contribution in [0.4, 0.5) is 5.82 Å². The second-order valence-corrected chi connectivity index (χ2v) is 4.52. The van der Waals surface area contributed by atoms with Crippen molar-refractivity contribution in [2.75, 3.05) is 18.5 Å². The van der Waals surface area contributed by atoms with Crippen molar-refractivity contribution in [1.82, 2.24) is 4.98 Å². The van der Waals surface area contributed by atoms with Crippen molar-refractivity contribution in [2.45, 2.75) is 18.9 Å². The van der Waals surface area contributed by atoms with E-state index in [1.807, 2.05) is 11.9 Å². The van der Waals surface area contributed by atoms with Crippen LogP contribution < -0.4 is 16.4 Å². The molecule has 0 spiro atoms. The minimum atomic E-state index is -0.433. The molecule has 2 rings (SSSR count). The molecule has 1 fully saturated rings. The van der Waals surface area contributed by atoms with Crippen LogP contribution in [0.3, 0.4) is 0 Å². The van der Waals surface area contributed by atoms with Crippen LogP contribution in [-0.2, 0) is 0 Å². The minimum absolute atomic E-state index is 0.297. The zero-order valence-electron chi connectivity index (χ0n) is 9.97. The normalized spacial score (nSPS) is 16.6. The average Bonchev–Trinajstić information content (AvgIpc) is 3.14. The van der Waals surface area contributed by atoms with E-state index in [1.54, 1.807) is 18.3 Å². The molecule has 1 aliphatic carbocycles. The van der Waals surface area contributed by atoms with Gasteiger partial charge in [-0.05, 0) is 30.9 Å². The van der Waals surface area contributed by atoms with Gasteiger partial charge in [0.1, 0.15) is 5.82 Å². The van der Waals surface area contributed by atoms with E-state index >= 15 is 0 Å². The number of rotatable bonds is 5. The maximum absolute atomic E-state index is 11.1. The van der Waals surface area contributed by atoms with Gasteiger partial charge in [-0.2, -0.15) is 0 Å². The number of nitrogens with two attached hydrogens (primary N) is 2. The van der Waals surface area contributed by atoms with Crippen molar-refractivity contribution in [3.63, 3.8) is 0 Å². The lowest BCUT2D eigenvalue weighted by atomic mass is 10.1. The monoisotopic (exact) mass is 234 g/mol. The Kier molecular flexibility index (Phi) is 3.28. The molecule has 17 heavy (non-hydrogen) atoms. The Labute approximate surface area is 101 Å². The standard InChI is InChI=1S/C12H18N4O/c1-16(10(7-13)8-2-3-8)11-6-9(12(14)17)4-5-15-11/h4-6,8,10H,2-3,7,13H2,1H3,(H2,14,17). The molecule has 1 atom stereocenters. The van der Waals surface area contributed by atoms with Gasteiger partial charge in [0.15, 0.2) is 0 Å². The molecule has 1 unspecified atom stereocenters. The van der Waals surface area contributed by atoms with Crippen LogP contribution >= 0.6 is 0 Å². The number of anilines is 1. The molecule has 0 aromatic carbocycles. The smallest absolute Gasteiger partial charge is 0.248 e. The van der Waals surface area contributed by atoms with Gasteiger partial charge < -0.3 is 16.4 Å². The highest BCUT2D eigenvalue weighted by molar-refractivity contribution is 5.93. The van der Waals surface area contributed by atoms with Crippen molar-refractivity contribution in [2.24, 2.45) is 17.4 Å². The van der Waals surface area contributed by atoms with Gasteiger partial charge in [0.25, 0.3) is 0 Å². The van der Waals surface area contributed by atoms with Crippen molar-refractivity contribution in [3.05, 3.63) is 23.9 Å². The first-order chi connectivity index (χ1) is 8.13. The van der Waals surface area contributed by atoms with Gasteiger partial charge in [0, 0.05) is 31.4 Å². The fraction of sp³-hybridized carbons (Fsp3) is 0.500. The van der Waals surface area contributed by atoms with Gasteiger partial charge in [0.05, 0.1) is 0 Å². The van der Waals surface area contributed by atoms with Gasteiger partial charge >= 0.3 is 0 Å². The number of carbonyl (C=O) groups excluding carboxylic acids is 1. The summed E-state index contributed by atoms with van der Waals surface area (Å²) in [6.07, 6.45) is 4.05. The highest BCUT2D eigenvalue weighted by Crippen LogP contribution is 2.35. The summed E-state index contributed by atoms with van der Waals surface area (Å²) in [4.78, 5) is 17.4. The number of hydrogen-bond donors (Lipinski definition) is 2. The van der Waals surface area contributed by atoms with Crippen LogP contribution in [0, 0.1) is 5.92 Å². The first-order valence-corrected chi connectivity index (χ1v) is 5.82. The minimum Gasteiger partial charge on any atom is -0.366 e. The zero-order chi connectivity index (χ0) is 12.4. The molecule has 0 radical (unpaired) electrons. The molecule has 1 amide bonds. The number of aromatic nitrogens is 1. The molecule has 4 N–H and O–H groups in total. The molecular formula is C12H18N4O. The zero-order valence-corrected chi connectivity index (χ0v) is 9.97. The van der Waals surface area contributed by atoms with E-state index in [-0.39, 0.29) is 0 Å². The van der Waals surface area contributed by atoms with E-state index in [0.29, 0.717) is 24.1 Å². The van der Waals surface area contributed by atoms with E-state index < -0.39 is 5.91 Å². The summed E-state index contributed by atoms with van der Waals surface area (Å²) in [6, 6.07) is 3.63. The third kappa shape index (κ3) is 2.55. The molecule has 0 aliphatic heterocycles. The number of primary amides is 1. The molecule has 1 saturated carbocycles. The molecule has 92 valence electrons. The summed E-state index contributed by atoms with van der Waals surface area (Å²) in [5, 5.41) is 0. The van der Waals surface area contributed by atoms with Crippen LogP contribution in [-0.4, -0.2) is 30.5 Å². The number of carbonyl (C=O) groups is 1. The maximum Gasteiger partial charge on any atom is 0.248 e. The quantitative estimate of drug-likeness (QED) is 0.770. The molecule has 1 aromatic rings. The Morgan fingerprint density at radius 1 is 1.65 bits per heavy atom. The van der Waals surface area contributed by atoms with Gasteiger partial charge in [-0.15, -0.1) is 0 Å². The second kappa shape index (κ2) is 4.71. The van der Waals surface area contributed by atoms with Crippen molar-refractivity contribution < 1.29 is 4.79 Å². The number of hydrogen-bond acceptors (Lipinski definition) is 4. The lowest BCUT2D eigenvalue weighted by Crippen LogP contribution is -2.40. The Balaban J connectivity index is 2.20. The first kappa shape index (κ1) is 11.9. The summed E-state index contributed by atoms with van der Waals surface area (Å²) < 4.78 is 0. The molecule has 1 aliphatic rings. The van der Waals surface area contributed by atoms with Crippen LogP contribution in [0.2, 0.25) is 0 Å². The van der Waals surface area contributed by atoms with Crippen molar-refractivity contribution in [1.29, 1.82) is 0 Å². The fourth-order valence-corrected chi connectivity index (χ4v) is 2.08. The third-order valence-electron chi connectivity index (χ3n) is 3.30. The summed E-state index contributed by atoms with van der Waals surface area (Å²) in [5.74, 6) is 0.977. The van der Waals surface area contributed by atoms with E-state index in [1.165, 1.54) is 12.8 Å². The Bertz CT molecular complexity index is 417. The van der Waals surface area contributed by atoms with Crippen LogP contribution in [0.5, 0.6) is 0 Å². The second-order valence-electron chi connectivity index (χ2n) is 4.52. The van der Waals surface area contributed by atoms with Gasteiger partial charge in [-0.25, -0.2) is 4.98 Å². The lowest BCUT2D eigenvalue weighted by molar-refractivity contribution is 0.1000. The highest BCUT2D eigenvalue weighted by Gasteiger charge is 2.33. The van der Waals surface area contributed by atoms with E-state index in [9.17, 15) is 4.79 Å². The van der Waals surface area contributed by atoms with Gasteiger partial charge in [-0.3, -0.25) is 4.79 Å². The van der Waals surface area contributed by atoms with Crippen LogP contribution in [0.15, 0.2) is 18.3 Å². The van der Waals surface area contributed by atoms with Gasteiger partial charge in [-0.1, -0.05) is 0 Å². The third-order valence-corrected chi connectivity index (χ3v) is 3.30. The van der Waals surface area contributed by atoms with E-state index in [2.05, 4.69) is 4.98 Å². The molecule has 0 bridgehead atoms. The van der Waals surface area contributed by atoms with Crippen LogP contribution in [0.25, 0.3) is 0 Å². The number of pyridine rings is 1. The molecule has 5 nitrogen and oxygen atoms in total. The molecule has 5 heteroatoms. The largest absolute Gasteiger partial charge is 0.366 e. The molecule has 1 heterocycles. The predicted molar refractivity (Wildman–Crippen MR) is 66.7 cm³/mol. The summed E-state index contributed by atoms with van der Waals surface area (Å²) in [6.45, 7) is 0.601. The predicted octanol–water partition coefficient (Wildman–Crippen LogP) is 0.354. The van der Waals surface area contributed by atoms with E-state index in [4.69, 9.17) is 11.5 Å². The summed E-state index contributed by atoms with van der Waals surface area (Å²) in [5.41, 5.74) is 11.5. The Morgan fingerprint density at radius 3 is 2.88 bits per heavy atom. The number of nitrogens with zero attached hydrogens (tertiary/aromatic N) is 2.